The van der Waals surface area contributed by atoms with E-state index in [2.05, 4.69) is 23.6 Å². The van der Waals surface area contributed by atoms with Crippen LogP contribution in [-0.2, 0) is 13.0 Å². The van der Waals surface area contributed by atoms with Gasteiger partial charge in [0.25, 0.3) is 0 Å². The number of hydrogen-bond acceptors (Lipinski definition) is 3. The molecule has 1 heterocycles. The highest BCUT2D eigenvalue weighted by Gasteiger charge is 2.30. The van der Waals surface area contributed by atoms with Crippen molar-refractivity contribution in [1.82, 2.24) is 0 Å². The largest absolute Gasteiger partial charge is 1.00 e. The average Bonchev–Trinajstić information content (AvgIpc) is 2.99. The zero-order valence-corrected chi connectivity index (χ0v) is 29.7. The lowest BCUT2D eigenvalue weighted by Gasteiger charge is -2.23. The highest BCUT2D eigenvalue weighted by atomic mass is 79.9. The van der Waals surface area contributed by atoms with Crippen LogP contribution in [0.25, 0.3) is 0 Å². The molecule has 43 heavy (non-hydrogen) atoms. The van der Waals surface area contributed by atoms with Gasteiger partial charge in [0.1, 0.15) is 6.54 Å². The molecule has 1 aliphatic heterocycles. The second-order valence-corrected chi connectivity index (χ2v) is 12.5. The number of methoxy groups -OCH3 is 1. The Hall–Kier alpha value is -1.27. The molecule has 0 aromatic heterocycles. The summed E-state index contributed by atoms with van der Waals surface area (Å²) in [6.07, 6.45) is 20.3. The zero-order valence-electron chi connectivity index (χ0n) is 26.6. The molecule has 2 aromatic carbocycles. The van der Waals surface area contributed by atoms with E-state index in [0.717, 1.165) is 72.2 Å². The molecule has 242 valence electrons. The summed E-state index contributed by atoms with van der Waals surface area (Å²) in [6.45, 7) is 4.88. The molecular formula is C36H54BrCl2NO3. The molecule has 7 heteroatoms. The van der Waals surface area contributed by atoms with E-state index in [-0.39, 0.29) is 17.0 Å². The van der Waals surface area contributed by atoms with E-state index in [1.54, 1.807) is 7.11 Å². The van der Waals surface area contributed by atoms with Gasteiger partial charge >= 0.3 is 0 Å². The molecule has 4 nitrogen and oxygen atoms in total. The summed E-state index contributed by atoms with van der Waals surface area (Å²) < 4.78 is 14.7. The highest BCUT2D eigenvalue weighted by molar-refractivity contribution is 6.35. The third-order valence-corrected chi connectivity index (χ3v) is 9.20. The number of nitrogens with zero attached hydrogens (tertiary/aromatic N) is 1. The van der Waals surface area contributed by atoms with Crippen LogP contribution in [0, 0.1) is 0 Å². The number of halogens is 3. The molecule has 0 fully saturated rings. The van der Waals surface area contributed by atoms with Crippen molar-refractivity contribution in [3.63, 3.8) is 0 Å². The molecule has 0 aliphatic carbocycles. The molecule has 0 spiro atoms. The number of unbranched alkanes of at least 4 members (excludes halogenated alkanes) is 13. The van der Waals surface area contributed by atoms with Gasteiger partial charge in [0.05, 0.1) is 29.3 Å². The van der Waals surface area contributed by atoms with Crippen LogP contribution in [-0.4, -0.2) is 42.3 Å². The Morgan fingerprint density at radius 1 is 0.791 bits per heavy atom. The number of rotatable bonds is 22. The van der Waals surface area contributed by atoms with E-state index in [4.69, 9.17) is 37.8 Å². The van der Waals surface area contributed by atoms with Gasteiger partial charge in [-0.2, -0.15) is 0 Å². The van der Waals surface area contributed by atoms with E-state index in [9.17, 15) is 0 Å². The lowest BCUT2D eigenvalue weighted by molar-refractivity contribution is -0.545. The van der Waals surface area contributed by atoms with Gasteiger partial charge in [-0.15, -0.1) is 0 Å². The summed E-state index contributed by atoms with van der Waals surface area (Å²) in [5, 5.41) is 10.4. The van der Waals surface area contributed by atoms with Gasteiger partial charge in [0.15, 0.2) is 23.8 Å². The Morgan fingerprint density at radius 3 is 2.02 bits per heavy atom. The molecule has 0 saturated heterocycles. The van der Waals surface area contributed by atoms with E-state index in [1.807, 2.05) is 18.2 Å². The number of ether oxygens (including phenoxy) is 2. The molecular weight excluding hydrogens is 645 g/mol. The van der Waals surface area contributed by atoms with Gasteiger partial charge in [-0.25, -0.2) is 4.58 Å². The third kappa shape index (κ3) is 12.6. The van der Waals surface area contributed by atoms with Gasteiger partial charge in [0.2, 0.25) is 0 Å². The summed E-state index contributed by atoms with van der Waals surface area (Å²) >= 11 is 13.2. The van der Waals surface area contributed by atoms with Crippen molar-refractivity contribution in [2.45, 2.75) is 123 Å². The smallest absolute Gasteiger partial charge is 0.184 e. The van der Waals surface area contributed by atoms with Crippen molar-refractivity contribution < 1.29 is 36.1 Å². The first-order valence-corrected chi connectivity index (χ1v) is 17.3. The van der Waals surface area contributed by atoms with Crippen LogP contribution in [0.15, 0.2) is 30.3 Å². The maximum Gasteiger partial charge on any atom is 0.184 e. The predicted molar refractivity (Wildman–Crippen MR) is 178 cm³/mol. The molecule has 0 amide bonds. The summed E-state index contributed by atoms with van der Waals surface area (Å²) in [7, 11) is 1.73. The molecule has 1 aliphatic rings. The quantitative estimate of drug-likeness (QED) is 0.105. The highest BCUT2D eigenvalue weighted by Crippen LogP contribution is 2.37. The SMILES string of the molecule is CCCCCCCCCCCC1=[N+](Cc2c(Cl)cccc2Cl)CCc2c1ccc(OC)c2OCCCCCCCCO.[Br-]. The Kier molecular flexibility index (Phi) is 19.6. The first-order valence-electron chi connectivity index (χ1n) is 16.6. The fourth-order valence-corrected chi connectivity index (χ4v) is 6.55. The molecule has 0 radical (unpaired) electrons. The number of aliphatic hydroxyl groups excluding tert-OH is 1. The molecule has 0 saturated carbocycles. The van der Waals surface area contributed by atoms with Crippen LogP contribution in [0.3, 0.4) is 0 Å². The van der Waals surface area contributed by atoms with Crippen molar-refractivity contribution in [3.05, 3.63) is 57.1 Å². The Bertz CT molecular complexity index is 1090. The first-order chi connectivity index (χ1) is 20.6. The standard InChI is InChI=1S/C36H54Cl2NO3.BrH/c1-3-4-5-6-7-8-9-12-15-21-34-29-22-23-35(41-2)36(42-27-17-14-11-10-13-16-26-40)30(29)24-25-39(34)28-31-32(37)19-18-20-33(31)38;/h18-20,22-23,40H,3-17,21,24-28H2,1-2H3;1H/q+1;/p-1. The lowest BCUT2D eigenvalue weighted by atomic mass is 9.91. The second kappa shape index (κ2) is 22.3. The number of aliphatic hydroxyl groups is 1. The maximum absolute atomic E-state index is 8.98. The minimum Gasteiger partial charge on any atom is -1.00 e. The van der Waals surface area contributed by atoms with Crippen LogP contribution in [0.2, 0.25) is 10.0 Å². The fourth-order valence-electron chi connectivity index (χ4n) is 6.04. The molecule has 0 bridgehead atoms. The van der Waals surface area contributed by atoms with Gasteiger partial charge in [0, 0.05) is 30.6 Å². The molecule has 1 N–H and O–H groups in total. The van der Waals surface area contributed by atoms with Crippen LogP contribution < -0.4 is 26.5 Å². The van der Waals surface area contributed by atoms with Crippen molar-refractivity contribution >= 4 is 28.9 Å². The molecule has 2 aromatic rings. The second-order valence-electron chi connectivity index (χ2n) is 11.7. The number of benzene rings is 2. The summed E-state index contributed by atoms with van der Waals surface area (Å²) in [5.41, 5.74) is 4.91. The minimum absolute atomic E-state index is 0. The van der Waals surface area contributed by atoms with E-state index >= 15 is 0 Å². The zero-order chi connectivity index (χ0) is 30.0. The first kappa shape index (κ1) is 37.9. The Balaban J connectivity index is 0.00000645. The summed E-state index contributed by atoms with van der Waals surface area (Å²) in [4.78, 5) is 0. The van der Waals surface area contributed by atoms with Crippen LogP contribution in [0.5, 0.6) is 11.5 Å². The summed E-state index contributed by atoms with van der Waals surface area (Å²) in [6, 6.07) is 10.1. The van der Waals surface area contributed by atoms with E-state index in [0.29, 0.717) is 19.8 Å². The minimum atomic E-state index is 0. The molecule has 3 rings (SSSR count). The van der Waals surface area contributed by atoms with Crippen molar-refractivity contribution in [1.29, 1.82) is 0 Å². The molecule has 0 unspecified atom stereocenters. The Labute approximate surface area is 281 Å². The fraction of sp³-hybridized carbons (Fsp3) is 0.639. The van der Waals surface area contributed by atoms with E-state index in [1.165, 1.54) is 87.5 Å². The van der Waals surface area contributed by atoms with Crippen LogP contribution in [0.4, 0.5) is 0 Å². The van der Waals surface area contributed by atoms with Crippen LogP contribution in [0.1, 0.15) is 126 Å². The Morgan fingerprint density at radius 2 is 1.40 bits per heavy atom. The maximum atomic E-state index is 8.98. The third-order valence-electron chi connectivity index (χ3n) is 8.50. The lowest BCUT2D eigenvalue weighted by Crippen LogP contribution is -3.00. The van der Waals surface area contributed by atoms with Gasteiger partial charge in [-0.3, -0.25) is 0 Å². The monoisotopic (exact) mass is 697 g/mol. The topological polar surface area (TPSA) is 41.7 Å². The van der Waals surface area contributed by atoms with Crippen molar-refractivity contribution in [3.8, 4) is 11.5 Å². The average molecular weight is 700 g/mol. The van der Waals surface area contributed by atoms with Crippen molar-refractivity contribution in [2.24, 2.45) is 0 Å². The molecule has 0 atom stereocenters. The van der Waals surface area contributed by atoms with Gasteiger partial charge < -0.3 is 31.6 Å². The summed E-state index contributed by atoms with van der Waals surface area (Å²) in [5.74, 6) is 1.73. The number of hydrogen-bond donors (Lipinski definition) is 1. The normalized spacial score (nSPS) is 12.7. The van der Waals surface area contributed by atoms with Crippen molar-refractivity contribution in [2.75, 3.05) is 26.9 Å². The number of fused-ring (bicyclic) bond motifs is 1. The van der Waals surface area contributed by atoms with Gasteiger partial charge in [-0.05, 0) is 43.5 Å². The predicted octanol–water partition coefficient (Wildman–Crippen LogP) is 7.20. The van der Waals surface area contributed by atoms with Gasteiger partial charge in [-0.1, -0.05) is 113 Å². The van der Waals surface area contributed by atoms with E-state index < -0.39 is 0 Å². The van der Waals surface area contributed by atoms with Crippen LogP contribution >= 0.6 is 23.2 Å².